The predicted molar refractivity (Wildman–Crippen MR) is 86.8 cm³/mol. The molecule has 0 amide bonds. The van der Waals surface area contributed by atoms with E-state index in [1.54, 1.807) is 6.08 Å². The summed E-state index contributed by atoms with van der Waals surface area (Å²) in [5, 5.41) is 20.6. The maximum absolute atomic E-state index is 11.4. The Balaban J connectivity index is 1.68. The minimum Gasteiger partial charge on any atom is -0.462 e. The number of carbonyl (C=O) groups excluding carboxylic acids is 1. The number of aliphatic hydroxyl groups excluding tert-OH is 2. The van der Waals surface area contributed by atoms with Gasteiger partial charge in [-0.2, -0.15) is 0 Å². The Morgan fingerprint density at radius 1 is 1.39 bits per heavy atom. The molecule has 0 radical (unpaired) electrons. The normalized spacial score (nSPS) is 32.8. The first kappa shape index (κ1) is 16.2. The van der Waals surface area contributed by atoms with E-state index in [1.165, 1.54) is 5.56 Å². The van der Waals surface area contributed by atoms with E-state index in [0.29, 0.717) is 12.8 Å². The lowest BCUT2D eigenvalue weighted by Crippen LogP contribution is -2.19. The third-order valence-electron chi connectivity index (χ3n) is 5.19. The summed E-state index contributed by atoms with van der Waals surface area (Å²) in [6, 6.07) is 8.11. The van der Waals surface area contributed by atoms with Crippen molar-refractivity contribution in [2.45, 2.75) is 50.9 Å². The van der Waals surface area contributed by atoms with Crippen LogP contribution < -0.4 is 0 Å². The Morgan fingerprint density at radius 3 is 2.91 bits per heavy atom. The van der Waals surface area contributed by atoms with Crippen molar-refractivity contribution >= 4 is 5.97 Å². The third kappa shape index (κ3) is 3.33. The SMILES string of the molecule is Cc1cccc([C@@H](C)[C@H](O)/C=C/C2[C@H]3CC(=O)OC3C[C@H]2O)c1. The van der Waals surface area contributed by atoms with Crippen LogP contribution in [0.15, 0.2) is 36.4 Å². The molecule has 0 spiro atoms. The average Bonchev–Trinajstić information content (AvgIpc) is 2.99. The van der Waals surface area contributed by atoms with Gasteiger partial charge in [0.1, 0.15) is 6.10 Å². The van der Waals surface area contributed by atoms with Crippen LogP contribution in [0.4, 0.5) is 0 Å². The topological polar surface area (TPSA) is 66.8 Å². The van der Waals surface area contributed by atoms with Gasteiger partial charge in [-0.3, -0.25) is 4.79 Å². The minimum atomic E-state index is -0.624. The lowest BCUT2D eigenvalue weighted by atomic mass is 9.89. The molecule has 1 saturated heterocycles. The number of aryl methyl sites for hydroxylation is 1. The van der Waals surface area contributed by atoms with Crippen molar-refractivity contribution in [2.75, 3.05) is 0 Å². The van der Waals surface area contributed by atoms with Gasteiger partial charge in [0, 0.05) is 24.2 Å². The van der Waals surface area contributed by atoms with Gasteiger partial charge in [-0.15, -0.1) is 0 Å². The summed E-state index contributed by atoms with van der Waals surface area (Å²) >= 11 is 0. The van der Waals surface area contributed by atoms with E-state index in [2.05, 4.69) is 6.07 Å². The number of benzene rings is 1. The smallest absolute Gasteiger partial charge is 0.306 e. The molecule has 2 aliphatic rings. The highest BCUT2D eigenvalue weighted by Gasteiger charge is 2.48. The van der Waals surface area contributed by atoms with Gasteiger partial charge in [-0.05, 0) is 12.5 Å². The van der Waals surface area contributed by atoms with Gasteiger partial charge in [0.05, 0.1) is 18.6 Å². The van der Waals surface area contributed by atoms with Gasteiger partial charge in [-0.1, -0.05) is 48.9 Å². The number of ether oxygens (including phenoxy) is 1. The van der Waals surface area contributed by atoms with E-state index in [9.17, 15) is 15.0 Å². The van der Waals surface area contributed by atoms with Crippen molar-refractivity contribution in [1.82, 2.24) is 0 Å². The maximum atomic E-state index is 11.4. The van der Waals surface area contributed by atoms with Crippen LogP contribution in [0.25, 0.3) is 0 Å². The first-order valence-corrected chi connectivity index (χ1v) is 8.26. The zero-order chi connectivity index (χ0) is 16.6. The molecule has 2 unspecified atom stereocenters. The summed E-state index contributed by atoms with van der Waals surface area (Å²) in [7, 11) is 0. The lowest BCUT2D eigenvalue weighted by Gasteiger charge is -2.19. The highest BCUT2D eigenvalue weighted by Crippen LogP contribution is 2.42. The fraction of sp³-hybridized carbons (Fsp3) is 0.526. The molecular weight excluding hydrogens is 292 g/mol. The second-order valence-corrected chi connectivity index (χ2v) is 6.85. The molecule has 2 N–H and O–H groups in total. The van der Waals surface area contributed by atoms with E-state index in [0.717, 1.165) is 5.56 Å². The summed E-state index contributed by atoms with van der Waals surface area (Å²) in [5.41, 5.74) is 2.26. The highest BCUT2D eigenvalue weighted by molar-refractivity contribution is 5.72. The van der Waals surface area contributed by atoms with Crippen LogP contribution >= 0.6 is 0 Å². The van der Waals surface area contributed by atoms with Gasteiger partial charge in [0.25, 0.3) is 0 Å². The molecule has 3 rings (SSSR count). The van der Waals surface area contributed by atoms with Gasteiger partial charge < -0.3 is 14.9 Å². The second-order valence-electron chi connectivity index (χ2n) is 6.85. The molecule has 1 aromatic carbocycles. The van der Waals surface area contributed by atoms with Gasteiger partial charge in [-0.25, -0.2) is 0 Å². The number of fused-ring (bicyclic) bond motifs is 1. The summed E-state index contributed by atoms with van der Waals surface area (Å²) < 4.78 is 5.23. The molecule has 2 fully saturated rings. The van der Waals surface area contributed by atoms with Gasteiger partial charge in [0.15, 0.2) is 0 Å². The summed E-state index contributed by atoms with van der Waals surface area (Å²) in [5.74, 6) is -0.290. The highest BCUT2D eigenvalue weighted by atomic mass is 16.6. The van der Waals surface area contributed by atoms with Crippen molar-refractivity contribution in [3.8, 4) is 0 Å². The molecule has 1 aliphatic carbocycles. The minimum absolute atomic E-state index is 0.0260. The van der Waals surface area contributed by atoms with E-state index in [4.69, 9.17) is 4.74 Å². The van der Waals surface area contributed by atoms with Crippen LogP contribution in [0.2, 0.25) is 0 Å². The van der Waals surface area contributed by atoms with Crippen LogP contribution in [-0.4, -0.2) is 34.5 Å². The van der Waals surface area contributed by atoms with Crippen LogP contribution in [0, 0.1) is 18.8 Å². The van der Waals surface area contributed by atoms with E-state index in [1.807, 2.05) is 38.1 Å². The lowest BCUT2D eigenvalue weighted by molar-refractivity contribution is -0.141. The van der Waals surface area contributed by atoms with Gasteiger partial charge >= 0.3 is 5.97 Å². The summed E-state index contributed by atoms with van der Waals surface area (Å²) in [6.07, 6.45) is 3.19. The fourth-order valence-corrected chi connectivity index (χ4v) is 3.75. The Morgan fingerprint density at radius 2 is 2.17 bits per heavy atom. The molecule has 124 valence electrons. The van der Waals surface area contributed by atoms with E-state index < -0.39 is 12.2 Å². The zero-order valence-corrected chi connectivity index (χ0v) is 13.6. The largest absolute Gasteiger partial charge is 0.462 e. The molecular formula is C19H24O4. The van der Waals surface area contributed by atoms with E-state index >= 15 is 0 Å². The van der Waals surface area contributed by atoms with Crippen molar-refractivity contribution in [3.63, 3.8) is 0 Å². The molecule has 6 atom stereocenters. The number of esters is 1. The Bertz CT molecular complexity index is 609. The van der Waals surface area contributed by atoms with Crippen LogP contribution in [0.3, 0.4) is 0 Å². The Kier molecular flexibility index (Phi) is 4.55. The maximum Gasteiger partial charge on any atom is 0.306 e. The van der Waals surface area contributed by atoms with Crippen molar-refractivity contribution in [3.05, 3.63) is 47.5 Å². The first-order chi connectivity index (χ1) is 11.0. The molecule has 1 saturated carbocycles. The quantitative estimate of drug-likeness (QED) is 0.661. The fourth-order valence-electron chi connectivity index (χ4n) is 3.75. The first-order valence-electron chi connectivity index (χ1n) is 8.26. The molecule has 4 heteroatoms. The molecule has 1 aromatic rings. The summed E-state index contributed by atoms with van der Waals surface area (Å²) in [6.45, 7) is 4.02. The average molecular weight is 316 g/mol. The van der Waals surface area contributed by atoms with Crippen molar-refractivity contribution < 1.29 is 19.7 Å². The van der Waals surface area contributed by atoms with Crippen molar-refractivity contribution in [1.29, 1.82) is 0 Å². The Hall–Kier alpha value is -1.65. The number of hydrogen-bond acceptors (Lipinski definition) is 4. The third-order valence-corrected chi connectivity index (χ3v) is 5.19. The number of carbonyl (C=O) groups is 1. The monoisotopic (exact) mass is 316 g/mol. The molecule has 4 nitrogen and oxygen atoms in total. The number of rotatable bonds is 4. The van der Waals surface area contributed by atoms with E-state index in [-0.39, 0.29) is 29.8 Å². The predicted octanol–water partition coefficient (Wildman–Crippen LogP) is 2.33. The summed E-state index contributed by atoms with van der Waals surface area (Å²) in [4.78, 5) is 11.4. The molecule has 23 heavy (non-hydrogen) atoms. The van der Waals surface area contributed by atoms with Crippen molar-refractivity contribution in [2.24, 2.45) is 11.8 Å². The van der Waals surface area contributed by atoms with Crippen LogP contribution in [0.1, 0.15) is 36.8 Å². The van der Waals surface area contributed by atoms with Crippen LogP contribution in [-0.2, 0) is 9.53 Å². The number of hydrogen-bond donors (Lipinski definition) is 2. The zero-order valence-electron chi connectivity index (χ0n) is 13.6. The van der Waals surface area contributed by atoms with Gasteiger partial charge in [0.2, 0.25) is 0 Å². The number of aliphatic hydroxyl groups is 2. The molecule has 0 bridgehead atoms. The Labute approximate surface area is 136 Å². The second kappa shape index (κ2) is 6.46. The molecule has 0 aromatic heterocycles. The van der Waals surface area contributed by atoms with Crippen LogP contribution in [0.5, 0.6) is 0 Å². The molecule has 1 heterocycles. The molecule has 1 aliphatic heterocycles. The standard InChI is InChI=1S/C19H24O4/c1-11-4-3-5-13(8-11)12(2)16(20)7-6-14-15-9-19(22)23-18(15)10-17(14)21/h3-8,12,14-18,20-21H,9-10H2,1-2H3/b7-6+/t12-,14?,15-,16-,17-,18?/m1/s1.